The fraction of sp³-hybridized carbons (Fsp3) is 0.0408. The van der Waals surface area contributed by atoms with Gasteiger partial charge >= 0.3 is 0 Å². The Hall–Kier alpha value is -6.29. The number of hydrogen-bond donors (Lipinski definition) is 0. The molecule has 8 aromatic carbocycles. The van der Waals surface area contributed by atoms with Gasteiger partial charge in [0, 0.05) is 38.2 Å². The van der Waals surface area contributed by atoms with E-state index in [1.165, 1.54) is 80.4 Å². The first kappa shape index (κ1) is 29.4. The molecule has 0 amide bonds. The second kappa shape index (κ2) is 11.4. The molecule has 11 rings (SSSR count). The highest BCUT2D eigenvalue weighted by molar-refractivity contribution is 7.25. The highest BCUT2D eigenvalue weighted by Crippen LogP contribution is 2.43. The van der Waals surface area contributed by atoms with Crippen LogP contribution >= 0.6 is 11.3 Å². The lowest BCUT2D eigenvalue weighted by Gasteiger charge is -2.33. The maximum absolute atomic E-state index is 5.36. The van der Waals surface area contributed by atoms with Crippen molar-refractivity contribution < 1.29 is 0 Å². The second-order valence-corrected chi connectivity index (χ2v) is 15.1. The molecule has 2 aromatic heterocycles. The lowest BCUT2D eigenvalue weighted by Crippen LogP contribution is -2.26. The van der Waals surface area contributed by atoms with Gasteiger partial charge in [-0.2, -0.15) is 0 Å². The van der Waals surface area contributed by atoms with Crippen molar-refractivity contribution in [2.75, 3.05) is 11.9 Å². The maximum Gasteiger partial charge on any atom is 0.0949 e. The minimum atomic E-state index is 0.0789. The van der Waals surface area contributed by atoms with Crippen LogP contribution in [-0.2, 0) is 0 Å². The van der Waals surface area contributed by atoms with Gasteiger partial charge < -0.3 is 4.90 Å². The van der Waals surface area contributed by atoms with Crippen LogP contribution < -0.4 is 4.90 Å². The number of nitrogens with zero attached hydrogens (tertiary/aromatic N) is 2. The van der Waals surface area contributed by atoms with Gasteiger partial charge in [0.25, 0.3) is 0 Å². The lowest BCUT2D eigenvalue weighted by molar-refractivity contribution is 0.808. The summed E-state index contributed by atoms with van der Waals surface area (Å²) < 4.78 is 2.66. The van der Waals surface area contributed by atoms with Crippen LogP contribution in [0.15, 0.2) is 164 Å². The molecule has 0 saturated carbocycles. The van der Waals surface area contributed by atoms with Gasteiger partial charge in [0.15, 0.2) is 0 Å². The molecule has 1 aliphatic heterocycles. The van der Waals surface area contributed by atoms with Crippen LogP contribution in [0.3, 0.4) is 0 Å². The number of benzene rings is 8. The summed E-state index contributed by atoms with van der Waals surface area (Å²) in [6.45, 7) is 0. The fourth-order valence-electron chi connectivity index (χ4n) is 8.50. The van der Waals surface area contributed by atoms with Gasteiger partial charge in [0.05, 0.1) is 22.9 Å². The van der Waals surface area contributed by atoms with E-state index in [2.05, 4.69) is 182 Å². The van der Waals surface area contributed by atoms with E-state index in [9.17, 15) is 0 Å². The summed E-state index contributed by atoms with van der Waals surface area (Å²) in [6, 6.07) is 57.9. The molecular weight excluding hydrogens is 649 g/mol. The summed E-state index contributed by atoms with van der Waals surface area (Å²) in [6.07, 6.45) is 4.61. The van der Waals surface area contributed by atoms with Gasteiger partial charge in [-0.15, -0.1) is 11.3 Å². The minimum Gasteiger partial charge on any atom is -0.362 e. The van der Waals surface area contributed by atoms with Crippen molar-refractivity contribution in [3.8, 4) is 22.4 Å². The summed E-state index contributed by atoms with van der Waals surface area (Å²) in [5.41, 5.74) is 9.21. The first-order valence-electron chi connectivity index (χ1n) is 17.9. The molecule has 52 heavy (non-hydrogen) atoms. The molecule has 1 aliphatic rings. The van der Waals surface area contributed by atoms with Gasteiger partial charge in [-0.05, 0) is 84.9 Å². The average Bonchev–Trinajstić information content (AvgIpc) is 3.59. The maximum atomic E-state index is 5.36. The zero-order valence-corrected chi connectivity index (χ0v) is 29.4. The highest BCUT2D eigenvalue weighted by Gasteiger charge is 2.24. The molecule has 0 spiro atoms. The van der Waals surface area contributed by atoms with Crippen molar-refractivity contribution in [3.63, 3.8) is 0 Å². The van der Waals surface area contributed by atoms with Crippen LogP contribution in [-0.4, -0.2) is 12.0 Å². The van der Waals surface area contributed by atoms with Gasteiger partial charge in [-0.3, -0.25) is 0 Å². The van der Waals surface area contributed by atoms with Crippen LogP contribution in [0.2, 0.25) is 0 Å². The molecule has 10 aromatic rings. The number of aromatic nitrogens is 1. The summed E-state index contributed by atoms with van der Waals surface area (Å²) >= 11 is 1.86. The largest absolute Gasteiger partial charge is 0.362 e. The Kier molecular flexibility index (Phi) is 6.43. The number of pyridine rings is 1. The van der Waals surface area contributed by atoms with Crippen LogP contribution in [0.5, 0.6) is 0 Å². The molecule has 0 radical (unpaired) electrons. The quantitative estimate of drug-likeness (QED) is 0.173. The molecule has 0 saturated heterocycles. The van der Waals surface area contributed by atoms with Crippen LogP contribution in [0.4, 0.5) is 5.69 Å². The fourth-order valence-corrected chi connectivity index (χ4v) is 9.59. The van der Waals surface area contributed by atoms with E-state index in [1.54, 1.807) is 0 Å². The Morgan fingerprint density at radius 2 is 1.12 bits per heavy atom. The number of thiophene rings is 1. The Morgan fingerprint density at radius 3 is 1.88 bits per heavy atom. The third-order valence-electron chi connectivity index (χ3n) is 11.1. The van der Waals surface area contributed by atoms with E-state index >= 15 is 0 Å². The van der Waals surface area contributed by atoms with Crippen LogP contribution in [0.25, 0.3) is 91.9 Å². The van der Waals surface area contributed by atoms with E-state index < -0.39 is 0 Å². The molecule has 2 nitrogen and oxygen atoms in total. The average molecular weight is 681 g/mol. The van der Waals surface area contributed by atoms with E-state index in [-0.39, 0.29) is 6.04 Å². The molecular formula is C49H32N2S. The van der Waals surface area contributed by atoms with E-state index in [4.69, 9.17) is 4.98 Å². The molecule has 0 aliphatic carbocycles. The van der Waals surface area contributed by atoms with Gasteiger partial charge in [-0.1, -0.05) is 140 Å². The predicted octanol–water partition coefficient (Wildman–Crippen LogP) is 13.6. The second-order valence-electron chi connectivity index (χ2n) is 14.0. The van der Waals surface area contributed by atoms with E-state index in [0.717, 1.165) is 22.2 Å². The predicted molar refractivity (Wildman–Crippen MR) is 225 cm³/mol. The summed E-state index contributed by atoms with van der Waals surface area (Å²) in [5, 5.41) is 11.6. The molecule has 1 unspecified atom stereocenters. The third-order valence-corrected chi connectivity index (χ3v) is 12.2. The summed E-state index contributed by atoms with van der Waals surface area (Å²) in [4.78, 5) is 7.77. The molecule has 1 atom stereocenters. The topological polar surface area (TPSA) is 16.1 Å². The normalized spacial score (nSPS) is 14.3. The molecule has 0 N–H and O–H groups in total. The third kappa shape index (κ3) is 4.46. The summed E-state index contributed by atoms with van der Waals surface area (Å²) in [7, 11) is 2.21. The standard InChI is InChI=1S/C49H32N2S/c1-51-45(35-20-24-40-38-10-3-2-8-36(38)37-9-4-5-11-39(37)42(40)29-35)26-22-33-19-18-32-21-25-44(50-48(32)49(33)51)31-16-14-30(15-17-31)34-23-27-47-43(28-34)41-12-6-7-13-46(41)52-47/h2-29,45H,1H3. The van der Waals surface area contributed by atoms with Crippen molar-refractivity contribution >= 4 is 86.5 Å². The van der Waals surface area contributed by atoms with Crippen molar-refractivity contribution in [2.24, 2.45) is 0 Å². The Labute approximate surface area is 305 Å². The monoisotopic (exact) mass is 680 g/mol. The Morgan fingerprint density at radius 1 is 0.500 bits per heavy atom. The van der Waals surface area contributed by atoms with Crippen molar-refractivity contribution in [1.29, 1.82) is 0 Å². The minimum absolute atomic E-state index is 0.0789. The van der Waals surface area contributed by atoms with E-state index in [0.29, 0.717) is 0 Å². The SMILES string of the molecule is CN1c2c(ccc3ccc(-c4ccc(-c5ccc6sc7ccccc7c6c5)cc4)nc23)C=CC1c1ccc2c3ccccc3c3ccccc3c2c1. The first-order valence-corrected chi connectivity index (χ1v) is 18.7. The van der Waals surface area contributed by atoms with Crippen molar-refractivity contribution in [1.82, 2.24) is 4.98 Å². The number of anilines is 1. The van der Waals surface area contributed by atoms with Gasteiger partial charge in [-0.25, -0.2) is 4.98 Å². The first-order chi connectivity index (χ1) is 25.7. The molecule has 244 valence electrons. The Balaban J connectivity index is 0.970. The van der Waals surface area contributed by atoms with Crippen LogP contribution in [0, 0.1) is 0 Å². The molecule has 3 heterocycles. The van der Waals surface area contributed by atoms with Gasteiger partial charge in [0.1, 0.15) is 0 Å². The molecule has 0 fully saturated rings. The van der Waals surface area contributed by atoms with Gasteiger partial charge in [0.2, 0.25) is 0 Å². The number of fused-ring (bicyclic) bond motifs is 12. The zero-order chi connectivity index (χ0) is 34.3. The van der Waals surface area contributed by atoms with Crippen LogP contribution in [0.1, 0.15) is 17.2 Å². The number of rotatable bonds is 3. The van der Waals surface area contributed by atoms with Crippen molar-refractivity contribution in [2.45, 2.75) is 6.04 Å². The zero-order valence-electron chi connectivity index (χ0n) is 28.5. The number of hydrogen-bond acceptors (Lipinski definition) is 3. The van der Waals surface area contributed by atoms with E-state index in [1.807, 2.05) is 11.3 Å². The Bertz CT molecular complexity index is 3060. The molecule has 0 bridgehead atoms. The highest BCUT2D eigenvalue weighted by atomic mass is 32.1. The number of likely N-dealkylation sites (N-methyl/N-ethyl adjacent to an activating group) is 1. The van der Waals surface area contributed by atoms with Crippen molar-refractivity contribution in [3.05, 3.63) is 175 Å². The summed E-state index contributed by atoms with van der Waals surface area (Å²) in [5.74, 6) is 0. The molecule has 3 heteroatoms. The smallest absolute Gasteiger partial charge is 0.0949 e. The lowest BCUT2D eigenvalue weighted by atomic mass is 9.90.